The van der Waals surface area contributed by atoms with Crippen LogP contribution in [0.4, 0.5) is 4.79 Å². The lowest BCUT2D eigenvalue weighted by Gasteiger charge is -2.12. The van der Waals surface area contributed by atoms with Gasteiger partial charge in [0.05, 0.1) is 19.4 Å². The van der Waals surface area contributed by atoms with Crippen molar-refractivity contribution >= 4 is 12.2 Å². The minimum absolute atomic E-state index is 0.547. The second-order valence-corrected chi connectivity index (χ2v) is 5.58. The summed E-state index contributed by atoms with van der Waals surface area (Å²) in [5, 5.41) is 3.72. The lowest BCUT2D eigenvalue weighted by molar-refractivity contribution is 0.245. The van der Waals surface area contributed by atoms with E-state index < -0.39 is 6.03 Å². The predicted molar refractivity (Wildman–Crippen MR) is 98.3 cm³/mol. The highest BCUT2D eigenvalue weighted by molar-refractivity contribution is 5.81. The van der Waals surface area contributed by atoms with E-state index in [2.05, 4.69) is 10.5 Å². The van der Waals surface area contributed by atoms with Gasteiger partial charge in [0.25, 0.3) is 0 Å². The molecule has 0 fully saturated rings. The van der Waals surface area contributed by atoms with Crippen molar-refractivity contribution in [2.75, 3.05) is 13.2 Å². The molecule has 0 saturated heterocycles. The van der Waals surface area contributed by atoms with Crippen molar-refractivity contribution in [3.8, 4) is 11.5 Å². The van der Waals surface area contributed by atoms with Crippen LogP contribution in [0.25, 0.3) is 0 Å². The van der Waals surface area contributed by atoms with Gasteiger partial charge < -0.3 is 15.2 Å². The molecule has 0 radical (unpaired) electrons. The molecule has 0 bridgehead atoms. The van der Waals surface area contributed by atoms with Crippen molar-refractivity contribution in [3.05, 3.63) is 59.2 Å². The molecule has 6 nitrogen and oxygen atoms in total. The molecule has 2 aromatic carbocycles. The number of benzene rings is 2. The fourth-order valence-electron chi connectivity index (χ4n) is 2.31. The first-order chi connectivity index (χ1) is 12.1. The molecule has 0 spiro atoms. The average molecular weight is 341 g/mol. The average Bonchev–Trinajstić information content (AvgIpc) is 2.57. The maximum atomic E-state index is 10.6. The first kappa shape index (κ1) is 18.3. The Morgan fingerprint density at radius 3 is 2.52 bits per heavy atom. The molecule has 0 aromatic heterocycles. The normalized spacial score (nSPS) is 10.6. The van der Waals surface area contributed by atoms with E-state index in [1.807, 2.05) is 56.3 Å². The lowest BCUT2D eigenvalue weighted by atomic mass is 10.1. The molecule has 132 valence electrons. The van der Waals surface area contributed by atoms with Gasteiger partial charge in [0.1, 0.15) is 11.5 Å². The van der Waals surface area contributed by atoms with Gasteiger partial charge in [-0.2, -0.15) is 5.10 Å². The summed E-state index contributed by atoms with van der Waals surface area (Å²) in [4.78, 5) is 10.6. The second kappa shape index (κ2) is 9.32. The summed E-state index contributed by atoms with van der Waals surface area (Å²) >= 11 is 0. The van der Waals surface area contributed by atoms with E-state index in [0.29, 0.717) is 13.2 Å². The summed E-state index contributed by atoms with van der Waals surface area (Å²) < 4.78 is 11.6. The van der Waals surface area contributed by atoms with Crippen LogP contribution in [-0.4, -0.2) is 25.5 Å². The lowest BCUT2D eigenvalue weighted by Crippen LogP contribution is -2.24. The number of carbonyl (C=O) groups excluding carboxylic acids is 1. The molecule has 2 aromatic rings. The minimum Gasteiger partial charge on any atom is -0.493 e. The van der Waals surface area contributed by atoms with Crippen LogP contribution in [0.15, 0.2) is 47.6 Å². The van der Waals surface area contributed by atoms with E-state index >= 15 is 0 Å². The van der Waals surface area contributed by atoms with Crippen LogP contribution < -0.4 is 20.6 Å². The van der Waals surface area contributed by atoms with Crippen molar-refractivity contribution in [2.24, 2.45) is 10.8 Å². The molecule has 25 heavy (non-hydrogen) atoms. The van der Waals surface area contributed by atoms with Crippen molar-refractivity contribution in [3.63, 3.8) is 0 Å². The van der Waals surface area contributed by atoms with Gasteiger partial charge in [-0.05, 0) is 42.7 Å². The zero-order valence-electron chi connectivity index (χ0n) is 14.5. The molecule has 3 N–H and O–H groups in total. The zero-order valence-corrected chi connectivity index (χ0v) is 14.5. The summed E-state index contributed by atoms with van der Waals surface area (Å²) in [6, 6.07) is 12.8. The Hall–Kier alpha value is -3.02. The van der Waals surface area contributed by atoms with Crippen LogP contribution >= 0.6 is 0 Å². The number of urea groups is 1. The molecule has 0 aliphatic heterocycles. The van der Waals surface area contributed by atoms with E-state index in [9.17, 15) is 4.79 Å². The molecule has 0 saturated carbocycles. The number of rotatable bonds is 8. The largest absolute Gasteiger partial charge is 0.493 e. The number of carbonyl (C=O) groups is 1. The summed E-state index contributed by atoms with van der Waals surface area (Å²) in [7, 11) is 0. The first-order valence-electron chi connectivity index (χ1n) is 8.06. The van der Waals surface area contributed by atoms with Gasteiger partial charge in [-0.3, -0.25) is 0 Å². The summed E-state index contributed by atoms with van der Waals surface area (Å²) in [6.07, 6.45) is 2.27. The molecular formula is C19H23N3O3. The number of hydrazone groups is 1. The fraction of sp³-hybridized carbons (Fsp3) is 0.263. The quantitative estimate of drug-likeness (QED) is 0.439. The summed E-state index contributed by atoms with van der Waals surface area (Å²) in [5.41, 5.74) is 10.2. The number of aryl methyl sites for hydroxylation is 2. The standard InChI is InChI=1S/C19H23N3O3/c1-14-6-3-7-15(2)18(14)25-11-5-10-24-17-9-4-8-16(12-17)13-21-22-19(20)23/h3-4,6-9,12-13H,5,10-11H2,1-2H3,(H3,20,22,23)/b21-13+. The minimum atomic E-state index is -0.701. The van der Waals surface area contributed by atoms with Crippen molar-refractivity contribution in [2.45, 2.75) is 20.3 Å². The van der Waals surface area contributed by atoms with E-state index in [-0.39, 0.29) is 0 Å². The van der Waals surface area contributed by atoms with Gasteiger partial charge in [0.2, 0.25) is 0 Å². The highest BCUT2D eigenvalue weighted by Gasteiger charge is 2.03. The zero-order chi connectivity index (χ0) is 18.1. The van der Waals surface area contributed by atoms with Crippen molar-refractivity contribution in [1.82, 2.24) is 5.43 Å². The molecule has 0 unspecified atom stereocenters. The Bertz CT molecular complexity index is 724. The monoisotopic (exact) mass is 341 g/mol. The third-order valence-corrected chi connectivity index (χ3v) is 3.46. The van der Waals surface area contributed by atoms with Crippen LogP contribution in [0.3, 0.4) is 0 Å². The molecular weight excluding hydrogens is 318 g/mol. The Balaban J connectivity index is 1.76. The van der Waals surface area contributed by atoms with Crippen LogP contribution in [-0.2, 0) is 0 Å². The van der Waals surface area contributed by atoms with Crippen molar-refractivity contribution in [1.29, 1.82) is 0 Å². The van der Waals surface area contributed by atoms with Gasteiger partial charge in [-0.15, -0.1) is 0 Å². The Morgan fingerprint density at radius 2 is 1.80 bits per heavy atom. The number of ether oxygens (including phenoxy) is 2. The topological polar surface area (TPSA) is 85.9 Å². The second-order valence-electron chi connectivity index (χ2n) is 5.58. The van der Waals surface area contributed by atoms with E-state index in [1.54, 1.807) is 0 Å². The third kappa shape index (κ3) is 6.18. The van der Waals surface area contributed by atoms with E-state index in [4.69, 9.17) is 15.2 Å². The Kier molecular flexibility index (Phi) is 6.83. The van der Waals surface area contributed by atoms with Crippen LogP contribution in [0, 0.1) is 13.8 Å². The van der Waals surface area contributed by atoms with E-state index in [1.165, 1.54) is 6.21 Å². The number of nitrogens with zero attached hydrogens (tertiary/aromatic N) is 1. The predicted octanol–water partition coefficient (Wildman–Crippen LogP) is 3.15. The molecule has 2 amide bonds. The molecule has 6 heteroatoms. The van der Waals surface area contributed by atoms with Crippen LogP contribution in [0.2, 0.25) is 0 Å². The SMILES string of the molecule is Cc1cccc(C)c1OCCCOc1cccc(/C=N/NC(N)=O)c1. The number of hydrogen-bond donors (Lipinski definition) is 2. The smallest absolute Gasteiger partial charge is 0.332 e. The number of hydrogen-bond acceptors (Lipinski definition) is 4. The van der Waals surface area contributed by atoms with Gasteiger partial charge in [-0.25, -0.2) is 10.2 Å². The van der Waals surface area contributed by atoms with Crippen molar-refractivity contribution < 1.29 is 14.3 Å². The Morgan fingerprint density at radius 1 is 1.12 bits per heavy atom. The number of para-hydroxylation sites is 1. The molecule has 0 heterocycles. The van der Waals surface area contributed by atoms with Gasteiger partial charge in [-0.1, -0.05) is 30.3 Å². The molecule has 0 aliphatic rings. The van der Waals surface area contributed by atoms with Gasteiger partial charge in [0, 0.05) is 6.42 Å². The van der Waals surface area contributed by atoms with Crippen LogP contribution in [0.1, 0.15) is 23.1 Å². The van der Waals surface area contributed by atoms with Crippen LogP contribution in [0.5, 0.6) is 11.5 Å². The summed E-state index contributed by atoms with van der Waals surface area (Å²) in [6.45, 7) is 5.22. The number of nitrogens with two attached hydrogens (primary N) is 1. The Labute approximate surface area is 147 Å². The van der Waals surface area contributed by atoms with Gasteiger partial charge >= 0.3 is 6.03 Å². The maximum absolute atomic E-state index is 10.6. The van der Waals surface area contributed by atoms with Gasteiger partial charge in [0.15, 0.2) is 0 Å². The summed E-state index contributed by atoms with van der Waals surface area (Å²) in [5.74, 6) is 1.68. The van der Waals surface area contributed by atoms with E-state index in [0.717, 1.165) is 34.6 Å². The molecule has 0 atom stereocenters. The first-order valence-corrected chi connectivity index (χ1v) is 8.06. The highest BCUT2D eigenvalue weighted by atomic mass is 16.5. The number of amides is 2. The maximum Gasteiger partial charge on any atom is 0.332 e. The fourth-order valence-corrected chi connectivity index (χ4v) is 2.31. The number of nitrogens with one attached hydrogen (secondary N) is 1. The molecule has 2 rings (SSSR count). The number of primary amides is 1. The molecule has 0 aliphatic carbocycles. The highest BCUT2D eigenvalue weighted by Crippen LogP contribution is 2.22. The third-order valence-electron chi connectivity index (χ3n) is 3.46.